The summed E-state index contributed by atoms with van der Waals surface area (Å²) in [6.45, 7) is 8.88. The number of benzene rings is 2. The fraction of sp³-hybridized carbons (Fsp3) is 0.517. The second-order valence-corrected chi connectivity index (χ2v) is 10.5. The molecule has 0 bridgehead atoms. The van der Waals surface area contributed by atoms with E-state index in [2.05, 4.69) is 27.1 Å². The Hall–Kier alpha value is -3.33. The monoisotopic (exact) mass is 525 g/mol. The number of carbonyl (C=O) groups is 1. The maximum absolute atomic E-state index is 13.6. The van der Waals surface area contributed by atoms with Gasteiger partial charge in [-0.15, -0.1) is 0 Å². The average Bonchev–Trinajstić information content (AvgIpc) is 3.31. The normalized spacial score (nSPS) is 19.1. The fourth-order valence-electron chi connectivity index (χ4n) is 5.80. The molecule has 3 heterocycles. The molecule has 8 nitrogen and oxygen atoms in total. The Kier molecular flexibility index (Phi) is 7.74. The third kappa shape index (κ3) is 5.72. The number of rotatable bonds is 9. The summed E-state index contributed by atoms with van der Waals surface area (Å²) < 4.78 is 25.6. The van der Waals surface area contributed by atoms with Crippen molar-refractivity contribution in [3.8, 4) is 22.6 Å². The number of oxime groups is 1. The van der Waals surface area contributed by atoms with E-state index in [1.54, 1.807) is 12.1 Å². The summed E-state index contributed by atoms with van der Waals surface area (Å²) in [4.78, 5) is 21.5. The lowest BCUT2D eigenvalue weighted by Gasteiger charge is -2.45. The van der Waals surface area contributed by atoms with Crippen LogP contribution in [-0.2, 0) is 16.2 Å². The lowest BCUT2D eigenvalue weighted by Crippen LogP contribution is -2.61. The van der Waals surface area contributed by atoms with Crippen LogP contribution in [0.15, 0.2) is 41.6 Å². The number of ether oxygens (including phenoxy) is 2. The topological polar surface area (TPSA) is 83.8 Å². The van der Waals surface area contributed by atoms with Crippen LogP contribution in [0.5, 0.6) is 11.5 Å². The Morgan fingerprint density at radius 1 is 1.11 bits per heavy atom. The summed E-state index contributed by atoms with van der Waals surface area (Å²) in [5.41, 5.74) is 2.48. The number of piperidine rings is 1. The number of carboxylic acids is 1. The molecule has 2 aromatic carbocycles. The summed E-state index contributed by atoms with van der Waals surface area (Å²) in [6.07, 6.45) is 2.78. The predicted octanol–water partition coefficient (Wildman–Crippen LogP) is 4.77. The predicted molar refractivity (Wildman–Crippen MR) is 142 cm³/mol. The van der Waals surface area contributed by atoms with Gasteiger partial charge in [-0.3, -0.25) is 9.69 Å². The molecule has 0 aromatic heterocycles. The van der Waals surface area contributed by atoms with E-state index in [1.165, 1.54) is 12.1 Å². The summed E-state index contributed by atoms with van der Waals surface area (Å²) in [5, 5.41) is 13.5. The van der Waals surface area contributed by atoms with Crippen LogP contribution in [0.1, 0.15) is 45.1 Å². The molecule has 1 N–H and O–H groups in total. The van der Waals surface area contributed by atoms with Crippen LogP contribution >= 0.6 is 0 Å². The maximum Gasteiger partial charge on any atom is 0.303 e. The van der Waals surface area contributed by atoms with E-state index < -0.39 is 5.97 Å². The van der Waals surface area contributed by atoms with E-state index in [4.69, 9.17) is 19.4 Å². The van der Waals surface area contributed by atoms with E-state index in [0.29, 0.717) is 13.2 Å². The van der Waals surface area contributed by atoms with E-state index in [-0.39, 0.29) is 23.8 Å². The molecule has 0 aliphatic carbocycles. The summed E-state index contributed by atoms with van der Waals surface area (Å²) >= 11 is 0. The highest BCUT2D eigenvalue weighted by molar-refractivity contribution is 5.84. The van der Waals surface area contributed by atoms with Gasteiger partial charge in [0.25, 0.3) is 0 Å². The van der Waals surface area contributed by atoms with Crippen molar-refractivity contribution in [3.05, 3.63) is 47.8 Å². The Bertz CT molecular complexity index is 1140. The molecule has 3 aliphatic heterocycles. The van der Waals surface area contributed by atoms with Crippen molar-refractivity contribution in [2.45, 2.75) is 51.7 Å². The molecule has 2 saturated heterocycles. The molecule has 2 aromatic rings. The van der Waals surface area contributed by atoms with Gasteiger partial charge in [-0.05, 0) is 68.0 Å². The number of hydrogen-bond donors (Lipinski definition) is 1. The fourth-order valence-corrected chi connectivity index (χ4v) is 5.80. The van der Waals surface area contributed by atoms with Gasteiger partial charge in [-0.2, -0.15) is 0 Å². The van der Waals surface area contributed by atoms with Gasteiger partial charge in [-0.25, -0.2) is 4.39 Å². The zero-order valence-corrected chi connectivity index (χ0v) is 22.1. The average molecular weight is 526 g/mol. The molecule has 0 amide bonds. The molecular formula is C29H36FN3O5. The second-order valence-electron chi connectivity index (χ2n) is 10.5. The number of aliphatic carboxylic acids is 1. The number of nitrogens with zero attached hydrogens (tertiary/aromatic N) is 3. The molecule has 9 heteroatoms. The van der Waals surface area contributed by atoms with E-state index in [1.807, 2.05) is 13.8 Å². The molecular weight excluding hydrogens is 489 g/mol. The van der Waals surface area contributed by atoms with Crippen LogP contribution in [0.3, 0.4) is 0 Å². The number of carboxylic acid groups (broad SMARTS) is 1. The van der Waals surface area contributed by atoms with Crippen LogP contribution in [0.4, 0.5) is 4.39 Å². The Morgan fingerprint density at radius 2 is 1.74 bits per heavy atom. The van der Waals surface area contributed by atoms with Gasteiger partial charge in [0.2, 0.25) is 0 Å². The van der Waals surface area contributed by atoms with Crippen molar-refractivity contribution in [3.63, 3.8) is 0 Å². The maximum atomic E-state index is 13.6. The Labute approximate surface area is 223 Å². The van der Waals surface area contributed by atoms with Crippen LogP contribution in [0.2, 0.25) is 0 Å². The molecule has 0 saturated carbocycles. The smallest absolute Gasteiger partial charge is 0.303 e. The number of hydrogen-bond acceptors (Lipinski definition) is 7. The SMILES string of the molecule is CCOc1cc(CN2CC3(CC(N4CCC(CC(=O)O)CC4)=NO3)C2)cc(OCC)c1-c1ccc(F)cc1. The van der Waals surface area contributed by atoms with Crippen molar-refractivity contribution in [2.75, 3.05) is 39.4 Å². The van der Waals surface area contributed by atoms with Crippen molar-refractivity contribution in [1.29, 1.82) is 0 Å². The Balaban J connectivity index is 1.22. The highest BCUT2D eigenvalue weighted by atomic mass is 19.1. The molecule has 0 radical (unpaired) electrons. The van der Waals surface area contributed by atoms with Gasteiger partial charge < -0.3 is 24.3 Å². The first-order valence-corrected chi connectivity index (χ1v) is 13.5. The van der Waals surface area contributed by atoms with Crippen molar-refractivity contribution >= 4 is 11.8 Å². The lowest BCUT2D eigenvalue weighted by molar-refractivity contribution is -0.138. The third-order valence-electron chi connectivity index (χ3n) is 7.56. The number of halogens is 1. The van der Waals surface area contributed by atoms with E-state index in [9.17, 15) is 9.18 Å². The third-order valence-corrected chi connectivity index (χ3v) is 7.56. The summed E-state index contributed by atoms with van der Waals surface area (Å²) in [7, 11) is 0. The standard InChI is InChI=1S/C29H36FN3O5/c1-3-36-24-13-21(14-25(37-4-2)28(24)22-5-7-23(30)8-6-22)17-32-18-29(19-32)16-26(31-38-29)33-11-9-20(10-12-33)15-27(34)35/h5-8,13-14,20H,3-4,9-12,15-19H2,1-2H3,(H,34,35). The second kappa shape index (κ2) is 11.2. The molecule has 38 heavy (non-hydrogen) atoms. The van der Waals surface area contributed by atoms with Crippen LogP contribution in [0.25, 0.3) is 11.1 Å². The molecule has 2 fully saturated rings. The minimum absolute atomic E-state index is 0.247. The van der Waals surface area contributed by atoms with Gasteiger partial charge >= 0.3 is 5.97 Å². The highest BCUT2D eigenvalue weighted by Crippen LogP contribution is 2.42. The highest BCUT2D eigenvalue weighted by Gasteiger charge is 2.50. The first kappa shape index (κ1) is 26.3. The Morgan fingerprint density at radius 3 is 2.32 bits per heavy atom. The minimum atomic E-state index is -0.717. The summed E-state index contributed by atoms with van der Waals surface area (Å²) in [5.74, 6) is 1.69. The molecule has 5 rings (SSSR count). The zero-order chi connectivity index (χ0) is 26.7. The van der Waals surface area contributed by atoms with Gasteiger partial charge in [0.15, 0.2) is 5.60 Å². The van der Waals surface area contributed by atoms with Crippen molar-refractivity contribution in [1.82, 2.24) is 9.80 Å². The molecule has 1 spiro atoms. The quantitative estimate of drug-likeness (QED) is 0.505. The van der Waals surface area contributed by atoms with Gasteiger partial charge in [-0.1, -0.05) is 17.3 Å². The van der Waals surface area contributed by atoms with E-state index >= 15 is 0 Å². The molecule has 3 aliphatic rings. The van der Waals surface area contributed by atoms with Crippen LogP contribution < -0.4 is 9.47 Å². The molecule has 204 valence electrons. The van der Waals surface area contributed by atoms with E-state index in [0.717, 1.165) is 86.0 Å². The first-order valence-electron chi connectivity index (χ1n) is 13.5. The largest absolute Gasteiger partial charge is 0.493 e. The number of amidine groups is 1. The zero-order valence-electron chi connectivity index (χ0n) is 22.1. The molecule has 0 unspecified atom stereocenters. The minimum Gasteiger partial charge on any atom is -0.493 e. The first-order chi connectivity index (χ1) is 18.4. The summed E-state index contributed by atoms with van der Waals surface area (Å²) in [6, 6.07) is 10.5. The van der Waals surface area contributed by atoms with Crippen molar-refractivity contribution in [2.24, 2.45) is 11.1 Å². The van der Waals surface area contributed by atoms with Gasteiger partial charge in [0.1, 0.15) is 23.2 Å². The van der Waals surface area contributed by atoms with Crippen LogP contribution in [0, 0.1) is 11.7 Å². The van der Waals surface area contributed by atoms with Gasteiger partial charge in [0, 0.05) is 39.1 Å². The lowest BCUT2D eigenvalue weighted by atomic mass is 9.88. The molecule has 0 atom stereocenters. The van der Waals surface area contributed by atoms with Crippen molar-refractivity contribution < 1.29 is 28.6 Å². The van der Waals surface area contributed by atoms with Gasteiger partial charge in [0.05, 0.1) is 25.2 Å². The van der Waals surface area contributed by atoms with Crippen LogP contribution in [-0.4, -0.2) is 71.7 Å². The number of likely N-dealkylation sites (tertiary alicyclic amines) is 2.